The molecule has 0 unspecified atom stereocenters. The van der Waals surface area contributed by atoms with Crippen LogP contribution in [0.3, 0.4) is 0 Å². The van der Waals surface area contributed by atoms with Gasteiger partial charge in [0.25, 0.3) is 0 Å². The Bertz CT molecular complexity index is 2370. The lowest BCUT2D eigenvalue weighted by molar-refractivity contribution is 0.0686. The Kier molecular flexibility index (Phi) is 6.96. The van der Waals surface area contributed by atoms with E-state index in [1.54, 1.807) is 24.3 Å². The van der Waals surface area contributed by atoms with E-state index in [9.17, 15) is 19.8 Å². The van der Waals surface area contributed by atoms with Crippen molar-refractivity contribution in [1.29, 1.82) is 0 Å². The van der Waals surface area contributed by atoms with Crippen molar-refractivity contribution in [2.75, 3.05) is 0 Å². The Morgan fingerprint density at radius 2 is 0.750 bits per heavy atom. The molecule has 0 aliphatic heterocycles. The maximum absolute atomic E-state index is 11.5. The molecule has 2 N–H and O–H groups in total. The first kappa shape index (κ1) is 28.8. The third-order valence-corrected chi connectivity index (χ3v) is 8.60. The molecular weight excluding hydrogens is 600 g/mol. The van der Waals surface area contributed by atoms with Crippen LogP contribution in [0.1, 0.15) is 20.7 Å². The lowest BCUT2D eigenvalue weighted by Gasteiger charge is -2.20. The minimum absolute atomic E-state index is 0.165. The number of benzene rings is 8. The van der Waals surface area contributed by atoms with Crippen LogP contribution in [0.25, 0.3) is 54.2 Å². The Hall–Kier alpha value is -6.66. The average Bonchev–Trinajstić information content (AvgIpc) is 3.10. The summed E-state index contributed by atoms with van der Waals surface area (Å²) in [6, 6.07) is 45.6. The lowest BCUT2D eigenvalue weighted by Crippen LogP contribution is -1.97. The van der Waals surface area contributed by atoms with Crippen molar-refractivity contribution < 1.29 is 29.3 Å². The molecule has 0 aliphatic rings. The first-order valence-corrected chi connectivity index (χ1v) is 15.4. The number of rotatable bonds is 7. The molecule has 8 aromatic carbocycles. The van der Waals surface area contributed by atoms with Crippen LogP contribution in [0.5, 0.6) is 23.0 Å². The fraction of sp³-hybridized carbons (Fsp3) is 0. The summed E-state index contributed by atoms with van der Waals surface area (Å²) in [5, 5.41) is 27.1. The van der Waals surface area contributed by atoms with E-state index in [4.69, 9.17) is 9.47 Å². The predicted molar refractivity (Wildman–Crippen MR) is 189 cm³/mol. The molecule has 0 spiro atoms. The van der Waals surface area contributed by atoms with E-state index in [0.717, 1.165) is 54.2 Å². The zero-order valence-electron chi connectivity index (χ0n) is 25.4. The van der Waals surface area contributed by atoms with Gasteiger partial charge in [0.15, 0.2) is 0 Å². The third-order valence-electron chi connectivity index (χ3n) is 8.60. The molecule has 8 aromatic rings. The molecule has 0 radical (unpaired) electrons. The molecule has 6 heteroatoms. The summed E-state index contributed by atoms with van der Waals surface area (Å²) >= 11 is 0. The smallest absolute Gasteiger partial charge is 0.335 e. The third kappa shape index (κ3) is 5.21. The molecule has 0 aliphatic carbocycles. The number of carbonyl (C=O) groups is 2. The Balaban J connectivity index is 1.43. The predicted octanol–water partition coefficient (Wildman–Crippen LogP) is 10.9. The van der Waals surface area contributed by atoms with E-state index in [0.29, 0.717) is 23.0 Å². The van der Waals surface area contributed by atoms with Crippen molar-refractivity contribution in [2.24, 2.45) is 0 Å². The summed E-state index contributed by atoms with van der Waals surface area (Å²) in [6.45, 7) is 0. The molecule has 0 saturated heterocycles. The molecule has 0 fully saturated rings. The number of aromatic carboxylic acids is 2. The topological polar surface area (TPSA) is 93.1 Å². The molecule has 0 heterocycles. The molecule has 0 atom stereocenters. The number of ether oxygens (including phenoxy) is 2. The number of carboxylic acids is 2. The molecule has 0 amide bonds. The van der Waals surface area contributed by atoms with Crippen LogP contribution in [0, 0.1) is 0 Å². The first-order valence-electron chi connectivity index (χ1n) is 15.4. The van der Waals surface area contributed by atoms with Gasteiger partial charge in [-0.3, -0.25) is 0 Å². The summed E-state index contributed by atoms with van der Waals surface area (Å²) in [5.74, 6) is 0.0692. The van der Waals surface area contributed by atoms with Gasteiger partial charge in [-0.2, -0.15) is 0 Å². The van der Waals surface area contributed by atoms with Crippen LogP contribution >= 0.6 is 0 Å². The van der Waals surface area contributed by atoms with Gasteiger partial charge in [0, 0.05) is 11.1 Å². The van der Waals surface area contributed by atoms with Crippen molar-refractivity contribution in [2.45, 2.75) is 0 Å². The Morgan fingerprint density at radius 1 is 0.396 bits per heavy atom. The summed E-state index contributed by atoms with van der Waals surface area (Å²) in [5.41, 5.74) is 1.94. The van der Waals surface area contributed by atoms with Crippen molar-refractivity contribution in [3.63, 3.8) is 0 Å². The van der Waals surface area contributed by atoms with Gasteiger partial charge < -0.3 is 19.7 Å². The standard InChI is InChI=1S/C42H26O6/c43-41(44)25-9-15-33(16-10-25)47-37-19-13-31-21-27-5-1-3-7-29(27)23-35(31)39(37)40-36-24-30-8-4-2-6-28(30)22-32(36)14-20-38(40)48-34-17-11-26(12-18-34)42(45)46/h1-24H,(H,43,44)(H,45,46). The van der Waals surface area contributed by atoms with Gasteiger partial charge in [-0.1, -0.05) is 60.7 Å². The van der Waals surface area contributed by atoms with Crippen LogP contribution in [0.4, 0.5) is 0 Å². The van der Waals surface area contributed by atoms with Gasteiger partial charge in [0.1, 0.15) is 23.0 Å². The summed E-state index contributed by atoms with van der Waals surface area (Å²) < 4.78 is 13.2. The van der Waals surface area contributed by atoms with E-state index in [1.165, 1.54) is 24.3 Å². The fourth-order valence-corrected chi connectivity index (χ4v) is 6.26. The zero-order valence-corrected chi connectivity index (χ0v) is 25.4. The van der Waals surface area contributed by atoms with Crippen LogP contribution in [-0.2, 0) is 0 Å². The van der Waals surface area contributed by atoms with Gasteiger partial charge in [-0.25, -0.2) is 9.59 Å². The lowest BCUT2D eigenvalue weighted by atomic mass is 9.90. The molecule has 8 rings (SSSR count). The van der Waals surface area contributed by atoms with E-state index >= 15 is 0 Å². The van der Waals surface area contributed by atoms with Gasteiger partial charge in [0.05, 0.1) is 11.1 Å². The average molecular weight is 627 g/mol. The highest BCUT2D eigenvalue weighted by molar-refractivity contribution is 6.15. The van der Waals surface area contributed by atoms with Gasteiger partial charge in [-0.15, -0.1) is 0 Å². The van der Waals surface area contributed by atoms with Crippen molar-refractivity contribution in [3.05, 3.63) is 157 Å². The highest BCUT2D eigenvalue weighted by Gasteiger charge is 2.21. The minimum atomic E-state index is -1.01. The second-order valence-corrected chi connectivity index (χ2v) is 11.6. The van der Waals surface area contributed by atoms with Gasteiger partial charge >= 0.3 is 11.9 Å². The molecule has 230 valence electrons. The second-order valence-electron chi connectivity index (χ2n) is 11.6. The van der Waals surface area contributed by atoms with Crippen LogP contribution < -0.4 is 9.47 Å². The van der Waals surface area contributed by atoms with E-state index in [1.807, 2.05) is 48.5 Å². The number of hydrogen-bond donors (Lipinski definition) is 2. The van der Waals surface area contributed by atoms with Crippen molar-refractivity contribution >= 4 is 55.0 Å². The van der Waals surface area contributed by atoms with Crippen LogP contribution in [0.2, 0.25) is 0 Å². The maximum atomic E-state index is 11.5. The molecule has 48 heavy (non-hydrogen) atoms. The quantitative estimate of drug-likeness (QED) is 0.171. The minimum Gasteiger partial charge on any atom is -0.478 e. The highest BCUT2D eigenvalue weighted by atomic mass is 16.5. The molecule has 0 bridgehead atoms. The maximum Gasteiger partial charge on any atom is 0.335 e. The number of hydrogen-bond acceptors (Lipinski definition) is 4. The van der Waals surface area contributed by atoms with Crippen LogP contribution in [0.15, 0.2) is 146 Å². The van der Waals surface area contributed by atoms with Crippen molar-refractivity contribution in [3.8, 4) is 34.1 Å². The zero-order chi connectivity index (χ0) is 32.8. The summed E-state index contributed by atoms with van der Waals surface area (Å²) in [7, 11) is 0. The molecular formula is C42H26O6. The SMILES string of the molecule is O=C(O)c1ccc(Oc2ccc3cc4ccccc4cc3c2-c2c(Oc3ccc(C(=O)O)cc3)ccc3cc4ccccc4cc23)cc1. The Labute approximate surface area is 274 Å². The van der Waals surface area contributed by atoms with Crippen LogP contribution in [-0.4, -0.2) is 22.2 Å². The Morgan fingerprint density at radius 3 is 1.10 bits per heavy atom. The van der Waals surface area contributed by atoms with Gasteiger partial charge in [-0.05, 0) is 128 Å². The normalized spacial score (nSPS) is 11.2. The van der Waals surface area contributed by atoms with E-state index in [-0.39, 0.29) is 11.1 Å². The molecule has 0 saturated carbocycles. The first-order chi connectivity index (χ1) is 23.4. The molecule has 6 nitrogen and oxygen atoms in total. The van der Waals surface area contributed by atoms with E-state index < -0.39 is 11.9 Å². The summed E-state index contributed by atoms with van der Waals surface area (Å²) in [4.78, 5) is 23.1. The number of carboxylic acid groups (broad SMARTS) is 2. The largest absolute Gasteiger partial charge is 0.478 e. The second kappa shape index (κ2) is 11.6. The monoisotopic (exact) mass is 626 g/mol. The van der Waals surface area contributed by atoms with Gasteiger partial charge in [0.2, 0.25) is 0 Å². The van der Waals surface area contributed by atoms with Crippen molar-refractivity contribution in [1.82, 2.24) is 0 Å². The summed E-state index contributed by atoms with van der Waals surface area (Å²) in [6.07, 6.45) is 0. The fourth-order valence-electron chi connectivity index (χ4n) is 6.26. The highest BCUT2D eigenvalue weighted by Crippen LogP contribution is 2.48. The molecule has 0 aromatic heterocycles. The van der Waals surface area contributed by atoms with E-state index in [2.05, 4.69) is 48.5 Å². The number of fused-ring (bicyclic) bond motifs is 4.